The maximum absolute atomic E-state index is 2.38. The third-order valence-corrected chi connectivity index (χ3v) is 4.77. The van der Waals surface area contributed by atoms with Gasteiger partial charge in [-0.25, -0.2) is 0 Å². The molecule has 0 radical (unpaired) electrons. The van der Waals surface area contributed by atoms with E-state index in [-0.39, 0.29) is 0 Å². The van der Waals surface area contributed by atoms with Crippen LogP contribution in [0.1, 0.15) is 69.1 Å². The van der Waals surface area contributed by atoms with E-state index in [0.717, 1.165) is 11.8 Å². The van der Waals surface area contributed by atoms with Crippen LogP contribution in [0.15, 0.2) is 18.2 Å². The van der Waals surface area contributed by atoms with Crippen molar-refractivity contribution in [2.24, 2.45) is 5.92 Å². The third kappa shape index (κ3) is 1.82. The normalized spacial score (nSPS) is 27.7. The average molecular weight is 228 g/mol. The van der Waals surface area contributed by atoms with Gasteiger partial charge in [0.15, 0.2) is 0 Å². The van der Waals surface area contributed by atoms with Gasteiger partial charge in [-0.1, -0.05) is 51.8 Å². The van der Waals surface area contributed by atoms with E-state index in [1.807, 2.05) is 0 Å². The molecule has 0 amide bonds. The molecule has 0 heteroatoms. The van der Waals surface area contributed by atoms with E-state index in [1.54, 1.807) is 16.7 Å². The van der Waals surface area contributed by atoms with Crippen molar-refractivity contribution in [1.82, 2.24) is 0 Å². The average Bonchev–Trinajstić information content (AvgIpc) is 2.65. The molecule has 0 spiro atoms. The van der Waals surface area contributed by atoms with Crippen molar-refractivity contribution in [3.63, 3.8) is 0 Å². The molecule has 0 bridgehead atoms. The van der Waals surface area contributed by atoms with E-state index >= 15 is 0 Å². The van der Waals surface area contributed by atoms with E-state index in [2.05, 4.69) is 39.0 Å². The van der Waals surface area contributed by atoms with Crippen LogP contribution in [0.4, 0.5) is 0 Å². The van der Waals surface area contributed by atoms with Crippen molar-refractivity contribution in [2.45, 2.75) is 64.2 Å². The van der Waals surface area contributed by atoms with Gasteiger partial charge in [0.2, 0.25) is 0 Å². The van der Waals surface area contributed by atoms with Gasteiger partial charge < -0.3 is 0 Å². The molecule has 1 aromatic carbocycles. The molecule has 17 heavy (non-hydrogen) atoms. The minimum atomic E-state index is 0.303. The molecule has 0 N–H and O–H groups in total. The molecule has 2 aliphatic rings. The summed E-state index contributed by atoms with van der Waals surface area (Å²) in [6.07, 6.45) is 7.15. The summed E-state index contributed by atoms with van der Waals surface area (Å²) in [6, 6.07) is 7.02. The molecule has 0 aromatic heterocycles. The van der Waals surface area contributed by atoms with Gasteiger partial charge >= 0.3 is 0 Å². The summed E-state index contributed by atoms with van der Waals surface area (Å²) >= 11 is 0. The molecule has 0 heterocycles. The molecule has 1 saturated carbocycles. The van der Waals surface area contributed by atoms with Gasteiger partial charge in [-0.15, -0.1) is 0 Å². The lowest BCUT2D eigenvalue weighted by atomic mass is 9.75. The zero-order valence-corrected chi connectivity index (χ0v) is 11.4. The molecular weight excluding hydrogens is 204 g/mol. The highest BCUT2D eigenvalue weighted by atomic mass is 14.4. The van der Waals surface area contributed by atoms with Crippen LogP contribution in [-0.4, -0.2) is 0 Å². The van der Waals surface area contributed by atoms with Gasteiger partial charge in [-0.3, -0.25) is 0 Å². The van der Waals surface area contributed by atoms with E-state index in [4.69, 9.17) is 0 Å². The summed E-state index contributed by atoms with van der Waals surface area (Å²) in [4.78, 5) is 0. The minimum Gasteiger partial charge on any atom is -0.0617 e. The van der Waals surface area contributed by atoms with Gasteiger partial charge in [0.25, 0.3) is 0 Å². The molecule has 0 aliphatic heterocycles. The van der Waals surface area contributed by atoms with Crippen molar-refractivity contribution in [2.75, 3.05) is 0 Å². The topological polar surface area (TPSA) is 0 Å². The Morgan fingerprint density at radius 3 is 2.59 bits per heavy atom. The fraction of sp³-hybridized carbons (Fsp3) is 0.647. The van der Waals surface area contributed by atoms with Crippen molar-refractivity contribution < 1.29 is 0 Å². The molecule has 3 rings (SSSR count). The number of fused-ring (bicyclic) bond motifs is 3. The minimum absolute atomic E-state index is 0.303. The van der Waals surface area contributed by atoms with E-state index in [9.17, 15) is 0 Å². The first-order chi connectivity index (χ1) is 8.07. The predicted octanol–water partition coefficient (Wildman–Crippen LogP) is 4.81. The lowest BCUT2D eigenvalue weighted by molar-refractivity contribution is 0.328. The highest BCUT2D eigenvalue weighted by molar-refractivity contribution is 5.46. The lowest BCUT2D eigenvalue weighted by Crippen LogP contribution is -2.18. The zero-order valence-electron chi connectivity index (χ0n) is 11.4. The first kappa shape index (κ1) is 11.3. The summed E-state index contributed by atoms with van der Waals surface area (Å²) in [5, 5.41) is 0. The number of rotatable bonds is 0. The Morgan fingerprint density at radius 2 is 1.82 bits per heavy atom. The van der Waals surface area contributed by atoms with Crippen LogP contribution in [-0.2, 0) is 11.8 Å². The van der Waals surface area contributed by atoms with Gasteiger partial charge in [0.05, 0.1) is 0 Å². The Morgan fingerprint density at radius 1 is 1.06 bits per heavy atom. The highest BCUT2D eigenvalue weighted by Gasteiger charge is 2.37. The number of benzene rings is 1. The first-order valence-electron chi connectivity index (χ1n) is 7.19. The van der Waals surface area contributed by atoms with Crippen LogP contribution in [0.25, 0.3) is 0 Å². The number of hydrogen-bond acceptors (Lipinski definition) is 0. The first-order valence-corrected chi connectivity index (χ1v) is 7.19. The molecule has 2 unspecified atom stereocenters. The fourth-order valence-corrected chi connectivity index (χ4v) is 4.00. The molecule has 2 aliphatic carbocycles. The van der Waals surface area contributed by atoms with Crippen LogP contribution < -0.4 is 0 Å². The Labute approximate surface area is 105 Å². The Kier molecular flexibility index (Phi) is 2.57. The van der Waals surface area contributed by atoms with Gasteiger partial charge in [0.1, 0.15) is 0 Å². The summed E-state index contributed by atoms with van der Waals surface area (Å²) < 4.78 is 0. The van der Waals surface area contributed by atoms with E-state index in [0.29, 0.717) is 5.41 Å². The van der Waals surface area contributed by atoms with Gasteiger partial charge in [0, 0.05) is 0 Å². The second kappa shape index (κ2) is 3.86. The van der Waals surface area contributed by atoms with Crippen LogP contribution in [0.3, 0.4) is 0 Å². The van der Waals surface area contributed by atoms with Crippen molar-refractivity contribution >= 4 is 0 Å². The van der Waals surface area contributed by atoms with Crippen molar-refractivity contribution in [3.8, 4) is 0 Å². The van der Waals surface area contributed by atoms with Crippen molar-refractivity contribution in [3.05, 3.63) is 34.9 Å². The second-order valence-electron chi connectivity index (χ2n) is 6.98. The van der Waals surface area contributed by atoms with Crippen LogP contribution in [0.2, 0.25) is 0 Å². The monoisotopic (exact) mass is 228 g/mol. The fourth-order valence-electron chi connectivity index (χ4n) is 4.00. The Balaban J connectivity index is 2.09. The summed E-state index contributed by atoms with van der Waals surface area (Å²) in [6.45, 7) is 7.08. The maximum Gasteiger partial charge on any atom is -0.0125 e. The molecule has 92 valence electrons. The Hall–Kier alpha value is -0.780. The van der Waals surface area contributed by atoms with Gasteiger partial charge in [-0.05, 0) is 53.2 Å². The second-order valence-corrected chi connectivity index (χ2v) is 6.98. The zero-order chi connectivity index (χ0) is 12.0. The highest BCUT2D eigenvalue weighted by Crippen LogP contribution is 2.49. The molecule has 0 saturated heterocycles. The Bertz CT molecular complexity index is 422. The summed E-state index contributed by atoms with van der Waals surface area (Å²) in [7, 11) is 0. The smallest absolute Gasteiger partial charge is 0.0125 e. The van der Waals surface area contributed by atoms with Crippen LogP contribution >= 0.6 is 0 Å². The van der Waals surface area contributed by atoms with E-state index < -0.39 is 0 Å². The molecule has 2 atom stereocenters. The molecule has 1 aromatic rings. The number of hydrogen-bond donors (Lipinski definition) is 0. The lowest BCUT2D eigenvalue weighted by Gasteiger charge is -2.30. The molecule has 1 fully saturated rings. The third-order valence-electron chi connectivity index (χ3n) is 4.77. The van der Waals surface area contributed by atoms with Gasteiger partial charge in [-0.2, -0.15) is 0 Å². The van der Waals surface area contributed by atoms with Crippen molar-refractivity contribution in [1.29, 1.82) is 0 Å². The van der Waals surface area contributed by atoms with Crippen LogP contribution in [0.5, 0.6) is 0 Å². The summed E-state index contributed by atoms with van der Waals surface area (Å²) in [5.41, 5.74) is 5.32. The molecular formula is C17H24. The quantitative estimate of drug-likeness (QED) is 0.597. The predicted molar refractivity (Wildman–Crippen MR) is 73.5 cm³/mol. The molecule has 0 nitrogen and oxygen atoms in total. The maximum atomic E-state index is 2.38. The summed E-state index contributed by atoms with van der Waals surface area (Å²) in [5.74, 6) is 1.84. The van der Waals surface area contributed by atoms with E-state index in [1.165, 1.54) is 32.1 Å². The van der Waals surface area contributed by atoms with Crippen LogP contribution in [0, 0.1) is 5.92 Å². The largest absolute Gasteiger partial charge is 0.0617 e. The SMILES string of the molecule is CC(C)(C)c1cccc2c1C1CCCCC1C2. The standard InChI is InChI=1S/C17H24/c1-17(2,3)15-10-6-8-13-11-12-7-4-5-9-14(12)16(13)15/h6,8,10,12,14H,4-5,7,9,11H2,1-3H3.